The maximum absolute atomic E-state index is 12.0. The van der Waals surface area contributed by atoms with Crippen molar-refractivity contribution in [3.63, 3.8) is 0 Å². The van der Waals surface area contributed by atoms with Gasteiger partial charge in [0.1, 0.15) is 5.60 Å². The fourth-order valence-electron chi connectivity index (χ4n) is 3.14. The number of aryl methyl sites for hydroxylation is 1. The minimum atomic E-state index is -0.478. The fourth-order valence-corrected chi connectivity index (χ4v) is 3.14. The van der Waals surface area contributed by atoms with Crippen LogP contribution in [0.15, 0.2) is 29.3 Å². The second kappa shape index (κ2) is 9.62. The Morgan fingerprint density at radius 3 is 2.74 bits per heavy atom. The van der Waals surface area contributed by atoms with Crippen LogP contribution in [0.25, 0.3) is 0 Å². The van der Waals surface area contributed by atoms with Crippen molar-refractivity contribution >= 4 is 12.1 Å². The number of amides is 1. The summed E-state index contributed by atoms with van der Waals surface area (Å²) in [6.07, 6.45) is 1.46. The van der Waals surface area contributed by atoms with Crippen LogP contribution < -0.4 is 10.6 Å². The molecule has 1 aromatic carbocycles. The van der Waals surface area contributed by atoms with Gasteiger partial charge < -0.3 is 20.3 Å². The van der Waals surface area contributed by atoms with Crippen LogP contribution in [0.4, 0.5) is 4.79 Å². The van der Waals surface area contributed by atoms with Crippen LogP contribution in [0.1, 0.15) is 45.2 Å². The second-order valence-corrected chi connectivity index (χ2v) is 7.99. The lowest BCUT2D eigenvalue weighted by Crippen LogP contribution is -2.44. The molecule has 0 spiro atoms. The van der Waals surface area contributed by atoms with E-state index in [0.717, 1.165) is 45.0 Å². The van der Waals surface area contributed by atoms with Crippen molar-refractivity contribution in [2.24, 2.45) is 4.99 Å². The van der Waals surface area contributed by atoms with Crippen molar-refractivity contribution in [3.8, 4) is 0 Å². The minimum absolute atomic E-state index is 0.0834. The second-order valence-electron chi connectivity index (χ2n) is 7.99. The monoisotopic (exact) mass is 374 g/mol. The van der Waals surface area contributed by atoms with Crippen molar-refractivity contribution in [2.45, 2.75) is 59.1 Å². The Balaban J connectivity index is 1.89. The molecule has 27 heavy (non-hydrogen) atoms. The quantitative estimate of drug-likeness (QED) is 0.614. The first-order chi connectivity index (χ1) is 12.8. The number of alkyl carbamates (subject to hydrolysis) is 1. The molecule has 0 saturated carbocycles. The third-order valence-electron chi connectivity index (χ3n) is 4.45. The van der Waals surface area contributed by atoms with Gasteiger partial charge in [-0.15, -0.1) is 0 Å². The number of carbonyl (C=O) groups is 1. The van der Waals surface area contributed by atoms with Crippen LogP contribution in [-0.4, -0.2) is 54.8 Å². The maximum atomic E-state index is 12.0. The van der Waals surface area contributed by atoms with Crippen LogP contribution in [0.5, 0.6) is 0 Å². The molecule has 0 radical (unpaired) electrons. The first kappa shape index (κ1) is 21.1. The molecule has 2 rings (SSSR count). The topological polar surface area (TPSA) is 66.0 Å². The Morgan fingerprint density at radius 1 is 1.33 bits per heavy atom. The average molecular weight is 375 g/mol. The molecular formula is C21H34N4O2. The van der Waals surface area contributed by atoms with Crippen molar-refractivity contribution < 1.29 is 9.53 Å². The molecule has 1 aliphatic heterocycles. The summed E-state index contributed by atoms with van der Waals surface area (Å²) < 4.78 is 5.35. The van der Waals surface area contributed by atoms with E-state index in [0.29, 0.717) is 0 Å². The number of likely N-dealkylation sites (tertiary alicyclic amines) is 1. The van der Waals surface area contributed by atoms with E-state index in [9.17, 15) is 4.79 Å². The van der Waals surface area contributed by atoms with Crippen LogP contribution in [0, 0.1) is 6.92 Å². The predicted octanol–water partition coefficient (Wildman–Crippen LogP) is 3.10. The Bertz CT molecular complexity index is 652. The van der Waals surface area contributed by atoms with Crippen LogP contribution >= 0.6 is 0 Å². The summed E-state index contributed by atoms with van der Waals surface area (Å²) in [6, 6.07) is 8.52. The SMILES string of the molecule is CCNC(=NCCc1ccccc1C)N1CC[C@@H](NC(=O)OC(C)(C)C)C1. The summed E-state index contributed by atoms with van der Waals surface area (Å²) in [6.45, 7) is 13.0. The zero-order valence-electron chi connectivity index (χ0n) is 17.3. The van der Waals surface area contributed by atoms with E-state index in [2.05, 4.69) is 53.6 Å². The van der Waals surface area contributed by atoms with E-state index < -0.39 is 5.60 Å². The first-order valence-electron chi connectivity index (χ1n) is 9.86. The number of carbonyl (C=O) groups excluding carboxylic acids is 1. The van der Waals surface area contributed by atoms with Crippen molar-refractivity contribution in [3.05, 3.63) is 35.4 Å². The van der Waals surface area contributed by atoms with Gasteiger partial charge in [0, 0.05) is 26.2 Å². The lowest BCUT2D eigenvalue weighted by atomic mass is 10.1. The molecule has 1 atom stereocenters. The molecule has 1 heterocycles. The van der Waals surface area contributed by atoms with Gasteiger partial charge in [-0.05, 0) is 58.6 Å². The summed E-state index contributed by atoms with van der Waals surface area (Å²) >= 11 is 0. The summed E-state index contributed by atoms with van der Waals surface area (Å²) in [4.78, 5) is 19.0. The van der Waals surface area contributed by atoms with Gasteiger partial charge in [0.15, 0.2) is 5.96 Å². The third kappa shape index (κ3) is 7.12. The summed E-state index contributed by atoms with van der Waals surface area (Å²) in [5.74, 6) is 0.916. The van der Waals surface area contributed by atoms with Gasteiger partial charge in [-0.25, -0.2) is 4.79 Å². The molecule has 1 fully saturated rings. The zero-order valence-corrected chi connectivity index (χ0v) is 17.3. The molecule has 0 bridgehead atoms. The molecule has 150 valence electrons. The number of rotatable bonds is 5. The summed E-state index contributed by atoms with van der Waals surface area (Å²) in [5, 5.41) is 6.34. The Labute approximate surface area is 163 Å². The summed E-state index contributed by atoms with van der Waals surface area (Å²) in [7, 11) is 0. The molecule has 0 aromatic heterocycles. The van der Waals surface area contributed by atoms with Crippen LogP contribution in [0.2, 0.25) is 0 Å². The molecule has 6 nitrogen and oxygen atoms in total. The Hall–Kier alpha value is -2.24. The van der Waals surface area contributed by atoms with Gasteiger partial charge in [0.2, 0.25) is 0 Å². The molecule has 1 aromatic rings. The van der Waals surface area contributed by atoms with Gasteiger partial charge in [-0.2, -0.15) is 0 Å². The van der Waals surface area contributed by atoms with Crippen LogP contribution in [-0.2, 0) is 11.2 Å². The molecule has 0 unspecified atom stereocenters. The molecule has 6 heteroatoms. The van der Waals surface area contributed by atoms with Gasteiger partial charge in [-0.1, -0.05) is 24.3 Å². The van der Waals surface area contributed by atoms with Gasteiger partial charge in [0.25, 0.3) is 0 Å². The average Bonchev–Trinajstić information content (AvgIpc) is 3.02. The van der Waals surface area contributed by atoms with Gasteiger partial charge in [0.05, 0.1) is 6.04 Å². The smallest absolute Gasteiger partial charge is 0.407 e. The van der Waals surface area contributed by atoms with E-state index in [1.807, 2.05) is 20.8 Å². The minimum Gasteiger partial charge on any atom is -0.444 e. The van der Waals surface area contributed by atoms with Crippen LogP contribution in [0.3, 0.4) is 0 Å². The summed E-state index contributed by atoms with van der Waals surface area (Å²) in [5.41, 5.74) is 2.16. The number of hydrogen-bond donors (Lipinski definition) is 2. The Morgan fingerprint density at radius 2 is 2.07 bits per heavy atom. The highest BCUT2D eigenvalue weighted by molar-refractivity contribution is 5.80. The van der Waals surface area contributed by atoms with E-state index in [1.165, 1.54) is 11.1 Å². The first-order valence-corrected chi connectivity index (χ1v) is 9.86. The standard InChI is InChI=1S/C21H34N4O2/c1-6-22-19(23-13-11-17-10-8-7-9-16(17)2)25-14-12-18(15-25)24-20(26)27-21(3,4)5/h7-10,18H,6,11-15H2,1-5H3,(H,22,23)(H,24,26)/t18-/m1/s1. The van der Waals surface area contributed by atoms with Gasteiger partial charge >= 0.3 is 6.09 Å². The highest BCUT2D eigenvalue weighted by atomic mass is 16.6. The highest BCUT2D eigenvalue weighted by Gasteiger charge is 2.27. The van der Waals surface area contributed by atoms with Crippen molar-refractivity contribution in [2.75, 3.05) is 26.2 Å². The van der Waals surface area contributed by atoms with Crippen molar-refractivity contribution in [1.82, 2.24) is 15.5 Å². The molecule has 1 saturated heterocycles. The fraction of sp³-hybridized carbons (Fsp3) is 0.619. The van der Waals surface area contributed by atoms with E-state index in [4.69, 9.17) is 9.73 Å². The van der Waals surface area contributed by atoms with E-state index in [1.54, 1.807) is 0 Å². The number of nitrogens with zero attached hydrogens (tertiary/aromatic N) is 2. The number of guanidine groups is 1. The number of benzene rings is 1. The normalized spacial score (nSPS) is 17.7. The predicted molar refractivity (Wildman–Crippen MR) is 110 cm³/mol. The zero-order chi connectivity index (χ0) is 19.9. The number of nitrogens with one attached hydrogen (secondary N) is 2. The molecule has 1 aliphatic rings. The van der Waals surface area contributed by atoms with E-state index >= 15 is 0 Å². The largest absolute Gasteiger partial charge is 0.444 e. The Kier molecular flexibility index (Phi) is 7.51. The molecular weight excluding hydrogens is 340 g/mol. The number of hydrogen-bond acceptors (Lipinski definition) is 3. The number of ether oxygens (including phenoxy) is 1. The van der Waals surface area contributed by atoms with Crippen molar-refractivity contribution in [1.29, 1.82) is 0 Å². The highest BCUT2D eigenvalue weighted by Crippen LogP contribution is 2.13. The maximum Gasteiger partial charge on any atom is 0.407 e. The third-order valence-corrected chi connectivity index (χ3v) is 4.45. The van der Waals surface area contributed by atoms with Gasteiger partial charge in [-0.3, -0.25) is 4.99 Å². The molecule has 0 aliphatic carbocycles. The lowest BCUT2D eigenvalue weighted by molar-refractivity contribution is 0.0507. The lowest BCUT2D eigenvalue weighted by Gasteiger charge is -2.23. The molecule has 2 N–H and O–H groups in total. The number of aliphatic imine (C=N–C) groups is 1. The molecule has 1 amide bonds. The van der Waals surface area contributed by atoms with E-state index in [-0.39, 0.29) is 12.1 Å².